The molecule has 4 aromatic carbocycles. The zero-order chi connectivity index (χ0) is 26.7. The molecular weight excluding hydrogens is 505 g/mol. The predicted octanol–water partition coefficient (Wildman–Crippen LogP) is 8.77. The van der Waals surface area contributed by atoms with Gasteiger partial charge in [0.2, 0.25) is 0 Å². The summed E-state index contributed by atoms with van der Waals surface area (Å²) in [5, 5.41) is 0.121. The SMILES string of the molecule is CC(C)C1c2ccccc2SC(C(C)(C)C2c3ccccc3CS(=O)(=O)c3ccccc32)c2ccccc21. The highest BCUT2D eigenvalue weighted by atomic mass is 32.2. The van der Waals surface area contributed by atoms with Crippen LogP contribution in [0.2, 0.25) is 0 Å². The van der Waals surface area contributed by atoms with Crippen LogP contribution in [0.3, 0.4) is 0 Å². The van der Waals surface area contributed by atoms with Gasteiger partial charge in [-0.15, -0.1) is 11.8 Å². The molecule has 0 amide bonds. The van der Waals surface area contributed by atoms with Crippen LogP contribution in [0.5, 0.6) is 0 Å². The topological polar surface area (TPSA) is 34.1 Å². The van der Waals surface area contributed by atoms with Gasteiger partial charge < -0.3 is 0 Å². The molecule has 38 heavy (non-hydrogen) atoms. The average molecular weight is 539 g/mol. The summed E-state index contributed by atoms with van der Waals surface area (Å²) in [7, 11) is -3.46. The van der Waals surface area contributed by atoms with E-state index >= 15 is 0 Å². The fourth-order valence-corrected chi connectivity index (χ4v) is 10.0. The summed E-state index contributed by atoms with van der Waals surface area (Å²) in [6, 6.07) is 33.7. The Bertz CT molecular complexity index is 1620. The van der Waals surface area contributed by atoms with Crippen LogP contribution in [0, 0.1) is 11.3 Å². The van der Waals surface area contributed by atoms with Crippen LogP contribution in [0.4, 0.5) is 0 Å². The van der Waals surface area contributed by atoms with Gasteiger partial charge >= 0.3 is 0 Å². The molecule has 0 bridgehead atoms. The molecule has 3 atom stereocenters. The maximum Gasteiger partial charge on any atom is 0.182 e. The number of fused-ring (bicyclic) bond motifs is 4. The number of rotatable bonds is 3. The summed E-state index contributed by atoms with van der Waals surface area (Å²) in [6.45, 7) is 9.32. The maximum absolute atomic E-state index is 13.6. The third-order valence-electron chi connectivity index (χ3n) is 8.48. The second-order valence-electron chi connectivity index (χ2n) is 11.6. The van der Waals surface area contributed by atoms with E-state index in [0.29, 0.717) is 16.7 Å². The van der Waals surface area contributed by atoms with Gasteiger partial charge in [0.15, 0.2) is 9.84 Å². The first kappa shape index (κ1) is 25.5. The molecule has 2 nitrogen and oxygen atoms in total. The molecule has 6 rings (SSSR count). The Balaban J connectivity index is 1.63. The summed E-state index contributed by atoms with van der Waals surface area (Å²) in [5.74, 6) is 0.717. The highest BCUT2D eigenvalue weighted by molar-refractivity contribution is 7.99. The van der Waals surface area contributed by atoms with Crippen molar-refractivity contribution in [2.75, 3.05) is 0 Å². The van der Waals surface area contributed by atoms with Gasteiger partial charge in [-0.3, -0.25) is 0 Å². The van der Waals surface area contributed by atoms with E-state index in [0.717, 1.165) is 16.7 Å². The van der Waals surface area contributed by atoms with Gasteiger partial charge in [0, 0.05) is 22.0 Å². The van der Waals surface area contributed by atoms with Crippen molar-refractivity contribution in [3.8, 4) is 0 Å². The lowest BCUT2D eigenvalue weighted by molar-refractivity contribution is 0.304. The normalized spacial score (nSPS) is 21.9. The van der Waals surface area contributed by atoms with Gasteiger partial charge in [0.05, 0.1) is 10.6 Å². The first-order chi connectivity index (χ1) is 18.2. The molecule has 3 unspecified atom stereocenters. The van der Waals surface area contributed by atoms with Crippen molar-refractivity contribution in [1.82, 2.24) is 0 Å². The van der Waals surface area contributed by atoms with Crippen LogP contribution >= 0.6 is 11.8 Å². The summed E-state index contributed by atoms with van der Waals surface area (Å²) < 4.78 is 27.3. The first-order valence-electron chi connectivity index (χ1n) is 13.4. The molecule has 4 aromatic rings. The Labute approximate surface area is 231 Å². The van der Waals surface area contributed by atoms with Crippen molar-refractivity contribution in [3.05, 3.63) is 130 Å². The maximum atomic E-state index is 13.6. The fraction of sp³-hybridized carbons (Fsp3) is 0.294. The van der Waals surface area contributed by atoms with E-state index < -0.39 is 9.84 Å². The van der Waals surface area contributed by atoms with Gasteiger partial charge in [-0.25, -0.2) is 8.42 Å². The van der Waals surface area contributed by atoms with E-state index in [1.165, 1.54) is 21.6 Å². The Morgan fingerprint density at radius 1 is 0.711 bits per heavy atom. The van der Waals surface area contributed by atoms with Crippen molar-refractivity contribution in [1.29, 1.82) is 0 Å². The molecule has 194 valence electrons. The Kier molecular flexibility index (Phi) is 6.32. The lowest BCUT2D eigenvalue weighted by atomic mass is 9.66. The average Bonchev–Trinajstić information content (AvgIpc) is 3.11. The molecule has 2 aliphatic heterocycles. The molecule has 2 aliphatic rings. The van der Waals surface area contributed by atoms with Crippen LogP contribution in [-0.4, -0.2) is 8.42 Å². The lowest BCUT2D eigenvalue weighted by Gasteiger charge is -2.42. The smallest absolute Gasteiger partial charge is 0.182 e. The van der Waals surface area contributed by atoms with E-state index in [1.807, 2.05) is 42.1 Å². The molecule has 2 heterocycles. The highest BCUT2D eigenvalue weighted by Crippen LogP contribution is 2.61. The molecule has 0 radical (unpaired) electrons. The van der Waals surface area contributed by atoms with Crippen LogP contribution in [-0.2, 0) is 15.6 Å². The van der Waals surface area contributed by atoms with E-state index in [-0.39, 0.29) is 22.3 Å². The molecule has 0 saturated carbocycles. The van der Waals surface area contributed by atoms with Crippen LogP contribution < -0.4 is 0 Å². The number of benzene rings is 4. The van der Waals surface area contributed by atoms with Gasteiger partial charge in [-0.05, 0) is 56.8 Å². The third kappa shape index (κ3) is 4.04. The minimum Gasteiger partial charge on any atom is -0.223 e. The van der Waals surface area contributed by atoms with E-state index in [9.17, 15) is 8.42 Å². The summed E-state index contributed by atoms with van der Waals surface area (Å²) >= 11 is 1.95. The van der Waals surface area contributed by atoms with Gasteiger partial charge in [-0.2, -0.15) is 0 Å². The fourth-order valence-electron chi connectivity index (χ4n) is 6.86. The van der Waals surface area contributed by atoms with Gasteiger partial charge in [-0.1, -0.05) is 113 Å². The van der Waals surface area contributed by atoms with Crippen molar-refractivity contribution in [2.45, 2.75) is 60.3 Å². The quantitative estimate of drug-likeness (QED) is 0.261. The molecular formula is C34H34O2S2. The number of thioether (sulfide) groups is 1. The van der Waals surface area contributed by atoms with Crippen LogP contribution in [0.1, 0.15) is 78.2 Å². The second-order valence-corrected chi connectivity index (χ2v) is 14.7. The molecule has 0 aliphatic carbocycles. The summed E-state index contributed by atoms with van der Waals surface area (Å²) in [4.78, 5) is 1.80. The molecule has 4 heteroatoms. The van der Waals surface area contributed by atoms with E-state index in [4.69, 9.17) is 0 Å². The highest BCUT2D eigenvalue weighted by Gasteiger charge is 2.47. The molecule has 0 aromatic heterocycles. The minimum absolute atomic E-state index is 0.0411. The van der Waals surface area contributed by atoms with Crippen molar-refractivity contribution in [3.63, 3.8) is 0 Å². The van der Waals surface area contributed by atoms with Crippen LogP contribution in [0.25, 0.3) is 0 Å². The predicted molar refractivity (Wildman–Crippen MR) is 158 cm³/mol. The van der Waals surface area contributed by atoms with Gasteiger partial charge in [0.1, 0.15) is 0 Å². The first-order valence-corrected chi connectivity index (χ1v) is 16.0. The van der Waals surface area contributed by atoms with E-state index in [2.05, 4.69) is 88.4 Å². The minimum atomic E-state index is -3.46. The third-order valence-corrected chi connectivity index (χ3v) is 11.9. The number of hydrogen-bond donors (Lipinski definition) is 0. The summed E-state index contributed by atoms with van der Waals surface area (Å²) in [6.07, 6.45) is 0. The number of hydrogen-bond acceptors (Lipinski definition) is 3. The van der Waals surface area contributed by atoms with Crippen molar-refractivity contribution < 1.29 is 8.42 Å². The molecule has 0 fully saturated rings. The van der Waals surface area contributed by atoms with E-state index in [1.54, 1.807) is 6.07 Å². The Morgan fingerprint density at radius 3 is 1.97 bits per heavy atom. The van der Waals surface area contributed by atoms with Crippen molar-refractivity contribution in [2.24, 2.45) is 11.3 Å². The second kappa shape index (κ2) is 9.43. The Hall–Kier alpha value is -2.82. The Morgan fingerprint density at radius 2 is 1.26 bits per heavy atom. The van der Waals surface area contributed by atoms with Crippen LogP contribution in [0.15, 0.2) is 107 Å². The zero-order valence-electron chi connectivity index (χ0n) is 22.4. The van der Waals surface area contributed by atoms with Crippen molar-refractivity contribution >= 4 is 21.6 Å². The monoisotopic (exact) mass is 538 g/mol. The zero-order valence-corrected chi connectivity index (χ0v) is 24.0. The molecule has 0 N–H and O–H groups in total. The standard InChI is InChI=1S/C34H34O2S2/c1-22(2)31-25-15-7-8-16-26(25)33(37-29-19-11-9-17-27(29)31)34(3,4)32-24-14-6-5-13-23(24)21-38(35,36)30-20-12-10-18-28(30)32/h5-20,22,31-33H,21H2,1-4H3. The number of sulfone groups is 1. The largest absolute Gasteiger partial charge is 0.223 e. The van der Waals surface area contributed by atoms with Gasteiger partial charge in [0.25, 0.3) is 0 Å². The molecule has 0 spiro atoms. The lowest BCUT2D eigenvalue weighted by Crippen LogP contribution is -2.30. The summed E-state index contributed by atoms with van der Waals surface area (Å²) in [5.41, 5.74) is 6.78. The molecule has 0 saturated heterocycles.